The molecular weight excluding hydrogens is 546 g/mol. The highest BCUT2D eigenvalue weighted by Gasteiger charge is 2.43. The number of aliphatic carboxylic acids is 1. The third-order valence-electron chi connectivity index (χ3n) is 9.30. The molecule has 3 aromatic rings. The minimum absolute atomic E-state index is 0.0587. The fourth-order valence-corrected chi connectivity index (χ4v) is 6.96. The molecule has 2 aliphatic heterocycles. The van der Waals surface area contributed by atoms with Crippen molar-refractivity contribution in [2.45, 2.75) is 78.1 Å². The number of nitrogens with zero attached hydrogens (tertiary/aromatic N) is 5. The van der Waals surface area contributed by atoms with Crippen LogP contribution in [0.25, 0.3) is 0 Å². The molecule has 1 aliphatic carbocycles. The van der Waals surface area contributed by atoms with Gasteiger partial charge in [0, 0.05) is 36.8 Å². The SMILES string of the molecule is Cc1ccc(OCc2cn(C(C)C)nn2)c2c1CCN(C(=O)C1CCCCC1C(=O)O)[C@@H]2CN1Cc2ccccc2C1=O. The smallest absolute Gasteiger partial charge is 0.307 e. The van der Waals surface area contributed by atoms with Crippen molar-refractivity contribution in [3.8, 4) is 5.75 Å². The molecule has 43 heavy (non-hydrogen) atoms. The largest absolute Gasteiger partial charge is 0.487 e. The fourth-order valence-electron chi connectivity index (χ4n) is 6.96. The van der Waals surface area contributed by atoms with Crippen LogP contribution in [0.3, 0.4) is 0 Å². The van der Waals surface area contributed by atoms with E-state index in [0.29, 0.717) is 55.9 Å². The van der Waals surface area contributed by atoms with Crippen LogP contribution in [0.5, 0.6) is 5.75 Å². The highest BCUT2D eigenvalue weighted by atomic mass is 16.5. The van der Waals surface area contributed by atoms with Crippen molar-refractivity contribution < 1.29 is 24.2 Å². The molecule has 1 saturated carbocycles. The Morgan fingerprint density at radius 3 is 2.58 bits per heavy atom. The number of hydrogen-bond donors (Lipinski definition) is 1. The van der Waals surface area contributed by atoms with Crippen LogP contribution in [0.15, 0.2) is 42.6 Å². The van der Waals surface area contributed by atoms with E-state index < -0.39 is 23.8 Å². The van der Waals surface area contributed by atoms with Gasteiger partial charge in [0.05, 0.1) is 24.1 Å². The second-order valence-corrected chi connectivity index (χ2v) is 12.3. The molecule has 0 spiro atoms. The predicted molar refractivity (Wildman–Crippen MR) is 158 cm³/mol. The Kier molecular flexibility index (Phi) is 7.94. The lowest BCUT2D eigenvalue weighted by atomic mass is 9.77. The number of carboxylic acid groups (broad SMARTS) is 1. The average Bonchev–Trinajstić information content (AvgIpc) is 3.61. The maximum absolute atomic E-state index is 14.3. The van der Waals surface area contributed by atoms with Crippen LogP contribution in [0.2, 0.25) is 0 Å². The zero-order valence-electron chi connectivity index (χ0n) is 25.0. The lowest BCUT2D eigenvalue weighted by Gasteiger charge is -2.43. The number of fused-ring (bicyclic) bond motifs is 2. The van der Waals surface area contributed by atoms with Gasteiger partial charge in [-0.25, -0.2) is 4.68 Å². The second-order valence-electron chi connectivity index (χ2n) is 12.3. The molecule has 3 aliphatic rings. The van der Waals surface area contributed by atoms with Crippen LogP contribution >= 0.6 is 0 Å². The molecule has 2 unspecified atom stereocenters. The standard InChI is InChI=1S/C33H39N5O5/c1-20(2)38-17-23(34-35-38)19-43-29-13-12-21(3)24-14-15-37(32(40)26-10-6-7-11-27(26)33(41)42)28(30(24)29)18-36-16-22-8-4-5-9-25(22)31(36)39/h4-5,8-9,12-13,17,20,26-28H,6-7,10-11,14-16,18-19H2,1-3H3,(H,41,42)/t26?,27?,28-/m1/s1. The van der Waals surface area contributed by atoms with E-state index in [4.69, 9.17) is 4.74 Å². The van der Waals surface area contributed by atoms with Crippen molar-refractivity contribution in [2.75, 3.05) is 13.1 Å². The van der Waals surface area contributed by atoms with Crippen molar-refractivity contribution >= 4 is 17.8 Å². The van der Waals surface area contributed by atoms with Crippen LogP contribution in [0, 0.1) is 18.8 Å². The molecular formula is C33H39N5O5. The monoisotopic (exact) mass is 585 g/mol. The van der Waals surface area contributed by atoms with Crippen molar-refractivity contribution in [1.82, 2.24) is 24.8 Å². The number of carbonyl (C=O) groups excluding carboxylic acids is 2. The molecule has 6 rings (SSSR count). The van der Waals surface area contributed by atoms with E-state index in [0.717, 1.165) is 35.1 Å². The van der Waals surface area contributed by atoms with Crippen LogP contribution in [-0.2, 0) is 29.2 Å². The third-order valence-corrected chi connectivity index (χ3v) is 9.30. The van der Waals surface area contributed by atoms with Crippen molar-refractivity contribution in [1.29, 1.82) is 0 Å². The lowest BCUT2D eigenvalue weighted by Crippen LogP contribution is -2.50. The number of rotatable bonds is 8. The fraction of sp³-hybridized carbons (Fsp3) is 0.485. The normalized spacial score (nSPS) is 21.6. The van der Waals surface area contributed by atoms with E-state index in [1.807, 2.05) is 61.3 Å². The summed E-state index contributed by atoms with van der Waals surface area (Å²) < 4.78 is 8.19. The number of hydrogen-bond acceptors (Lipinski definition) is 6. The molecule has 3 atom stereocenters. The van der Waals surface area contributed by atoms with E-state index in [1.54, 1.807) is 9.58 Å². The molecule has 1 aromatic heterocycles. The van der Waals surface area contributed by atoms with Gasteiger partial charge in [-0.05, 0) is 68.9 Å². The molecule has 10 nitrogen and oxygen atoms in total. The highest BCUT2D eigenvalue weighted by molar-refractivity contribution is 5.98. The lowest BCUT2D eigenvalue weighted by molar-refractivity contribution is -0.153. The minimum Gasteiger partial charge on any atom is -0.487 e. The molecule has 0 saturated heterocycles. The summed E-state index contributed by atoms with van der Waals surface area (Å²) >= 11 is 0. The van der Waals surface area contributed by atoms with Gasteiger partial charge < -0.3 is 19.6 Å². The molecule has 2 aromatic carbocycles. The molecule has 226 valence electrons. The zero-order chi connectivity index (χ0) is 30.2. The molecule has 1 fully saturated rings. The van der Waals surface area contributed by atoms with Gasteiger partial charge >= 0.3 is 5.97 Å². The number of carboxylic acids is 1. The van der Waals surface area contributed by atoms with E-state index in [1.165, 1.54) is 0 Å². The Balaban J connectivity index is 1.37. The topological polar surface area (TPSA) is 118 Å². The quantitative estimate of drug-likeness (QED) is 0.407. The Morgan fingerprint density at radius 2 is 1.86 bits per heavy atom. The number of carbonyl (C=O) groups is 3. The maximum atomic E-state index is 14.3. The Bertz CT molecular complexity index is 1550. The molecule has 0 radical (unpaired) electrons. The summed E-state index contributed by atoms with van der Waals surface area (Å²) in [6.45, 7) is 7.55. The maximum Gasteiger partial charge on any atom is 0.307 e. The van der Waals surface area contributed by atoms with Gasteiger partial charge in [-0.1, -0.05) is 42.3 Å². The second kappa shape index (κ2) is 11.8. The Labute approximate surface area is 251 Å². The summed E-state index contributed by atoms with van der Waals surface area (Å²) in [4.78, 5) is 43.6. The number of amides is 2. The Morgan fingerprint density at radius 1 is 1.09 bits per heavy atom. The minimum atomic E-state index is -0.911. The predicted octanol–water partition coefficient (Wildman–Crippen LogP) is 4.72. The Hall–Kier alpha value is -4.21. The average molecular weight is 586 g/mol. The van der Waals surface area contributed by atoms with E-state index in [2.05, 4.69) is 17.2 Å². The van der Waals surface area contributed by atoms with Gasteiger partial charge in [-0.3, -0.25) is 14.4 Å². The highest BCUT2D eigenvalue weighted by Crippen LogP contribution is 2.42. The van der Waals surface area contributed by atoms with Crippen LogP contribution in [0.4, 0.5) is 0 Å². The summed E-state index contributed by atoms with van der Waals surface area (Å²) in [5, 5.41) is 18.4. The van der Waals surface area contributed by atoms with Crippen molar-refractivity contribution in [3.63, 3.8) is 0 Å². The van der Waals surface area contributed by atoms with Gasteiger partial charge in [0.15, 0.2) is 0 Å². The van der Waals surface area contributed by atoms with Gasteiger partial charge in [0.25, 0.3) is 5.91 Å². The first-order valence-corrected chi connectivity index (χ1v) is 15.3. The number of ether oxygens (including phenoxy) is 1. The first-order valence-electron chi connectivity index (χ1n) is 15.3. The number of aryl methyl sites for hydroxylation is 1. The van der Waals surface area contributed by atoms with Gasteiger partial charge in [-0.15, -0.1) is 5.10 Å². The van der Waals surface area contributed by atoms with Crippen LogP contribution in [0.1, 0.15) is 89.9 Å². The summed E-state index contributed by atoms with van der Waals surface area (Å²) in [6, 6.07) is 11.3. The summed E-state index contributed by atoms with van der Waals surface area (Å²) in [7, 11) is 0. The summed E-state index contributed by atoms with van der Waals surface area (Å²) in [5.74, 6) is -1.74. The van der Waals surface area contributed by atoms with Crippen molar-refractivity contribution in [3.05, 3.63) is 76.1 Å². The molecule has 1 N–H and O–H groups in total. The van der Waals surface area contributed by atoms with Gasteiger partial charge in [0.1, 0.15) is 18.1 Å². The van der Waals surface area contributed by atoms with Gasteiger partial charge in [-0.2, -0.15) is 0 Å². The van der Waals surface area contributed by atoms with E-state index in [-0.39, 0.29) is 24.5 Å². The van der Waals surface area contributed by atoms with Crippen LogP contribution in [-0.4, -0.2) is 60.8 Å². The third kappa shape index (κ3) is 5.50. The molecule has 0 bridgehead atoms. The first kappa shape index (κ1) is 28.9. The number of benzene rings is 2. The number of aromatic nitrogens is 3. The zero-order valence-corrected chi connectivity index (χ0v) is 25.0. The molecule has 2 amide bonds. The van der Waals surface area contributed by atoms with E-state index in [9.17, 15) is 19.5 Å². The summed E-state index contributed by atoms with van der Waals surface area (Å²) in [5.41, 5.74) is 5.45. The molecule has 3 heterocycles. The summed E-state index contributed by atoms with van der Waals surface area (Å²) in [6.07, 6.45) is 5.20. The van der Waals surface area contributed by atoms with Gasteiger partial charge in [0.2, 0.25) is 5.91 Å². The van der Waals surface area contributed by atoms with Crippen molar-refractivity contribution in [2.24, 2.45) is 11.8 Å². The van der Waals surface area contributed by atoms with Crippen LogP contribution < -0.4 is 4.74 Å². The first-order chi connectivity index (χ1) is 20.7. The van der Waals surface area contributed by atoms with E-state index >= 15 is 0 Å². The molecule has 10 heteroatoms.